The largest absolute Gasteiger partial charge is 0.381 e. The van der Waals surface area contributed by atoms with E-state index in [0.717, 1.165) is 36.3 Å². The molecular weight excluding hydrogens is 322 g/mol. The Bertz CT molecular complexity index is 857. The smallest absolute Gasteiger partial charge is 0.224 e. The lowest BCUT2D eigenvalue weighted by Gasteiger charge is -2.22. The fourth-order valence-corrected chi connectivity index (χ4v) is 3.74. The number of fused-ring (bicyclic) bond motifs is 1. The summed E-state index contributed by atoms with van der Waals surface area (Å²) < 4.78 is 5.36. The molecule has 2 aromatic heterocycles. The number of nitrogens with zero attached hydrogens (tertiary/aromatic N) is 2. The van der Waals surface area contributed by atoms with E-state index in [1.165, 1.54) is 11.3 Å². The molecule has 3 aromatic rings. The molecule has 0 bridgehead atoms. The lowest BCUT2D eigenvalue weighted by Crippen LogP contribution is -2.28. The van der Waals surface area contributed by atoms with Crippen molar-refractivity contribution in [2.24, 2.45) is 0 Å². The highest BCUT2D eigenvalue weighted by Crippen LogP contribution is 2.26. The predicted octanol–water partition coefficient (Wildman–Crippen LogP) is 3.51. The Morgan fingerprint density at radius 1 is 1.21 bits per heavy atom. The molecule has 1 aliphatic rings. The highest BCUT2D eigenvalue weighted by atomic mass is 32.1. The zero-order valence-corrected chi connectivity index (χ0v) is 13.9. The van der Waals surface area contributed by atoms with Crippen LogP contribution in [0.3, 0.4) is 0 Å². The zero-order valence-electron chi connectivity index (χ0n) is 13.1. The molecule has 0 atom stereocenters. The van der Waals surface area contributed by atoms with Crippen molar-refractivity contribution in [3.05, 3.63) is 53.0 Å². The molecule has 122 valence electrons. The number of carbonyl (C=O) groups excluding carboxylic acids is 1. The summed E-state index contributed by atoms with van der Waals surface area (Å²) >= 11 is 1.41. The van der Waals surface area contributed by atoms with Gasteiger partial charge in [0.1, 0.15) is 4.83 Å². The molecule has 1 aliphatic heterocycles. The van der Waals surface area contributed by atoms with Crippen molar-refractivity contribution in [3.8, 4) is 0 Å². The van der Waals surface area contributed by atoms with E-state index in [1.807, 2.05) is 36.4 Å². The van der Waals surface area contributed by atoms with Gasteiger partial charge in [0.15, 0.2) is 0 Å². The number of benzene rings is 1. The Morgan fingerprint density at radius 3 is 2.79 bits per heavy atom. The summed E-state index contributed by atoms with van der Waals surface area (Å²) in [5.41, 5.74) is 0.692. The van der Waals surface area contributed by atoms with Gasteiger partial charge in [0.05, 0.1) is 4.88 Å². The van der Waals surface area contributed by atoms with Gasteiger partial charge in [-0.15, -0.1) is 11.3 Å². The van der Waals surface area contributed by atoms with Crippen LogP contribution in [0.25, 0.3) is 10.2 Å². The van der Waals surface area contributed by atoms with Crippen LogP contribution in [-0.2, 0) is 4.74 Å². The van der Waals surface area contributed by atoms with E-state index in [9.17, 15) is 4.79 Å². The Balaban J connectivity index is 1.58. The van der Waals surface area contributed by atoms with Crippen LogP contribution in [0.2, 0.25) is 0 Å². The van der Waals surface area contributed by atoms with Crippen LogP contribution in [0.1, 0.15) is 28.1 Å². The van der Waals surface area contributed by atoms with Crippen LogP contribution >= 0.6 is 11.3 Å². The van der Waals surface area contributed by atoms with E-state index < -0.39 is 0 Å². The van der Waals surface area contributed by atoms with Gasteiger partial charge < -0.3 is 10.1 Å². The fourth-order valence-electron chi connectivity index (χ4n) is 2.77. The number of aromatic nitrogens is 2. The molecule has 5 nitrogen and oxygen atoms in total. The molecule has 6 heteroatoms. The summed E-state index contributed by atoms with van der Waals surface area (Å²) in [7, 11) is 0. The Morgan fingerprint density at radius 2 is 2.00 bits per heavy atom. The molecule has 0 radical (unpaired) electrons. The second-order valence-corrected chi connectivity index (χ2v) is 6.82. The number of rotatable bonds is 4. The first kappa shape index (κ1) is 15.2. The highest BCUT2D eigenvalue weighted by molar-refractivity contribution is 7.20. The molecule has 24 heavy (non-hydrogen) atoms. The number of hydrogen-bond donors (Lipinski definition) is 1. The minimum absolute atomic E-state index is 0.0255. The lowest BCUT2D eigenvalue weighted by molar-refractivity contribution is 0.0903. The second kappa shape index (κ2) is 6.67. The van der Waals surface area contributed by atoms with E-state index in [1.54, 1.807) is 6.20 Å². The average Bonchev–Trinajstić information content (AvgIpc) is 3.06. The molecule has 1 saturated heterocycles. The first-order valence-corrected chi connectivity index (χ1v) is 8.82. The van der Waals surface area contributed by atoms with Gasteiger partial charge >= 0.3 is 0 Å². The molecule has 3 heterocycles. The van der Waals surface area contributed by atoms with Gasteiger partial charge in [-0.2, -0.15) is 0 Å². The minimum Gasteiger partial charge on any atom is -0.381 e. The predicted molar refractivity (Wildman–Crippen MR) is 94.8 cm³/mol. The summed E-state index contributed by atoms with van der Waals surface area (Å²) in [5, 5.41) is 4.26. The molecule has 0 aliphatic carbocycles. The number of anilines is 1. The van der Waals surface area contributed by atoms with Gasteiger partial charge in [-0.25, -0.2) is 9.97 Å². The summed E-state index contributed by atoms with van der Waals surface area (Å²) in [6, 6.07) is 11.5. The fraction of sp³-hybridized carbons (Fsp3) is 0.278. The molecule has 1 N–H and O–H groups in total. The molecular formula is C18H17N3O2S. The molecule has 0 saturated carbocycles. The van der Waals surface area contributed by atoms with Gasteiger partial charge in [-0.3, -0.25) is 4.79 Å². The molecule has 0 amide bonds. The third kappa shape index (κ3) is 3.16. The first-order chi connectivity index (χ1) is 11.8. The topological polar surface area (TPSA) is 64.1 Å². The van der Waals surface area contributed by atoms with Crippen molar-refractivity contribution in [1.82, 2.24) is 9.97 Å². The highest BCUT2D eigenvalue weighted by Gasteiger charge is 2.16. The van der Waals surface area contributed by atoms with Crippen molar-refractivity contribution in [2.45, 2.75) is 18.9 Å². The van der Waals surface area contributed by atoms with Crippen molar-refractivity contribution in [3.63, 3.8) is 0 Å². The summed E-state index contributed by atoms with van der Waals surface area (Å²) in [6.45, 7) is 1.54. The number of ether oxygens (including phenoxy) is 1. The monoisotopic (exact) mass is 339 g/mol. The van der Waals surface area contributed by atoms with E-state index in [2.05, 4.69) is 15.3 Å². The third-order valence-electron chi connectivity index (χ3n) is 4.09. The van der Waals surface area contributed by atoms with Crippen LogP contribution in [0, 0.1) is 0 Å². The third-order valence-corrected chi connectivity index (χ3v) is 5.13. The Hall–Kier alpha value is -2.31. The summed E-state index contributed by atoms with van der Waals surface area (Å²) in [5.74, 6) is 0.646. The molecule has 0 unspecified atom stereocenters. The van der Waals surface area contributed by atoms with Crippen molar-refractivity contribution >= 4 is 33.3 Å². The molecule has 0 spiro atoms. The Labute approximate surface area is 143 Å². The van der Waals surface area contributed by atoms with Crippen molar-refractivity contribution in [1.29, 1.82) is 0 Å². The van der Waals surface area contributed by atoms with Crippen LogP contribution in [-0.4, -0.2) is 35.0 Å². The number of ketones is 1. The van der Waals surface area contributed by atoms with Gasteiger partial charge in [-0.1, -0.05) is 30.3 Å². The van der Waals surface area contributed by atoms with Crippen LogP contribution < -0.4 is 5.32 Å². The number of hydrogen-bond acceptors (Lipinski definition) is 6. The lowest BCUT2D eigenvalue weighted by atomic mass is 10.1. The molecule has 4 rings (SSSR count). The van der Waals surface area contributed by atoms with E-state index in [-0.39, 0.29) is 5.78 Å². The van der Waals surface area contributed by atoms with Gasteiger partial charge in [0.25, 0.3) is 0 Å². The van der Waals surface area contributed by atoms with Crippen molar-refractivity contribution < 1.29 is 9.53 Å². The quantitative estimate of drug-likeness (QED) is 0.737. The minimum atomic E-state index is 0.0255. The van der Waals surface area contributed by atoms with E-state index in [4.69, 9.17) is 4.74 Å². The maximum Gasteiger partial charge on any atom is 0.224 e. The average molecular weight is 339 g/mol. The van der Waals surface area contributed by atoms with Crippen LogP contribution in [0.4, 0.5) is 5.95 Å². The number of carbonyl (C=O) groups is 1. The zero-order chi connectivity index (χ0) is 16.4. The van der Waals surface area contributed by atoms with Gasteiger partial charge in [0.2, 0.25) is 11.7 Å². The number of nitrogens with one attached hydrogen (secondary N) is 1. The van der Waals surface area contributed by atoms with Crippen molar-refractivity contribution in [2.75, 3.05) is 18.5 Å². The number of thiophene rings is 1. The SMILES string of the molecule is O=C(c1ccccc1)c1cc2cnc(NC3CCOCC3)nc2s1. The molecule has 1 fully saturated rings. The maximum atomic E-state index is 12.6. The van der Waals surface area contributed by atoms with E-state index >= 15 is 0 Å². The first-order valence-electron chi connectivity index (χ1n) is 8.00. The maximum absolute atomic E-state index is 12.6. The van der Waals surface area contributed by atoms with Crippen LogP contribution in [0.5, 0.6) is 0 Å². The summed E-state index contributed by atoms with van der Waals surface area (Å²) in [6.07, 6.45) is 3.70. The van der Waals surface area contributed by atoms with Gasteiger partial charge in [0, 0.05) is 36.4 Å². The molecule has 1 aromatic carbocycles. The van der Waals surface area contributed by atoms with Crippen LogP contribution in [0.15, 0.2) is 42.6 Å². The summed E-state index contributed by atoms with van der Waals surface area (Å²) in [4.78, 5) is 23.0. The Kier molecular flexibility index (Phi) is 4.23. The normalized spacial score (nSPS) is 15.5. The second-order valence-electron chi connectivity index (χ2n) is 5.79. The van der Waals surface area contributed by atoms with Gasteiger partial charge in [-0.05, 0) is 18.9 Å². The van der Waals surface area contributed by atoms with E-state index in [0.29, 0.717) is 22.4 Å². The standard InChI is InChI=1S/C18H17N3O2S/c22-16(12-4-2-1-3-5-12)15-10-13-11-19-18(21-17(13)24-15)20-14-6-8-23-9-7-14/h1-5,10-11,14H,6-9H2,(H,19,20,21).